The summed E-state index contributed by atoms with van der Waals surface area (Å²) in [4.78, 5) is 0. The molecule has 2 nitrogen and oxygen atoms in total. The molecule has 0 amide bonds. The quantitative estimate of drug-likeness (QED) is 0.618. The summed E-state index contributed by atoms with van der Waals surface area (Å²) < 4.78 is 5.09. The highest BCUT2D eigenvalue weighted by Crippen LogP contribution is 2.05. The van der Waals surface area contributed by atoms with Crippen LogP contribution in [-0.2, 0) is 4.74 Å². The van der Waals surface area contributed by atoms with Crippen LogP contribution >= 0.6 is 0 Å². The van der Waals surface area contributed by atoms with E-state index in [4.69, 9.17) is 10.5 Å². The third-order valence-electron chi connectivity index (χ3n) is 1.33. The normalized spacial score (nSPS) is 14.3. The molecule has 1 unspecified atom stereocenters. The van der Waals surface area contributed by atoms with Gasteiger partial charge in [0.25, 0.3) is 0 Å². The van der Waals surface area contributed by atoms with Gasteiger partial charge in [-0.1, -0.05) is 13.8 Å². The summed E-state index contributed by atoms with van der Waals surface area (Å²) in [5, 5.41) is 0. The van der Waals surface area contributed by atoms with Gasteiger partial charge in [-0.3, -0.25) is 0 Å². The summed E-state index contributed by atoms with van der Waals surface area (Å²) in [6, 6.07) is 0. The van der Waals surface area contributed by atoms with E-state index in [2.05, 4.69) is 13.8 Å². The average Bonchev–Trinajstić information content (AvgIpc) is 1.82. The molecule has 0 fully saturated rings. The Morgan fingerprint density at radius 1 is 1.44 bits per heavy atom. The molecule has 0 aliphatic heterocycles. The van der Waals surface area contributed by atoms with Crippen molar-refractivity contribution in [2.45, 2.75) is 26.4 Å². The molecule has 0 aliphatic carbocycles. The Labute approximate surface area is 57.4 Å². The van der Waals surface area contributed by atoms with Crippen molar-refractivity contribution in [2.24, 2.45) is 11.7 Å². The second kappa shape index (κ2) is 4.77. The maximum Gasteiger partial charge on any atom is 0.0695 e. The molecule has 0 rings (SSSR count). The molecule has 0 aromatic carbocycles. The first kappa shape index (κ1) is 8.92. The average molecular weight is 131 g/mol. The van der Waals surface area contributed by atoms with E-state index in [0.717, 1.165) is 6.42 Å². The summed E-state index contributed by atoms with van der Waals surface area (Å²) in [5.41, 5.74) is 5.41. The predicted molar refractivity (Wildman–Crippen MR) is 39.3 cm³/mol. The second-order valence-corrected chi connectivity index (χ2v) is 2.72. The Hall–Kier alpha value is -0.0800. The first-order valence-corrected chi connectivity index (χ1v) is 3.43. The van der Waals surface area contributed by atoms with Crippen molar-refractivity contribution in [3.63, 3.8) is 0 Å². The molecule has 0 bridgehead atoms. The van der Waals surface area contributed by atoms with Crippen LogP contribution < -0.4 is 5.73 Å². The van der Waals surface area contributed by atoms with E-state index in [1.165, 1.54) is 0 Å². The molecule has 56 valence electrons. The monoisotopic (exact) mass is 131 g/mol. The van der Waals surface area contributed by atoms with E-state index < -0.39 is 0 Å². The van der Waals surface area contributed by atoms with Crippen LogP contribution in [0.25, 0.3) is 0 Å². The van der Waals surface area contributed by atoms with Gasteiger partial charge in [0.05, 0.1) is 6.10 Å². The lowest BCUT2D eigenvalue weighted by Gasteiger charge is -2.14. The highest BCUT2D eigenvalue weighted by Gasteiger charge is 2.05. The molecule has 0 spiro atoms. The van der Waals surface area contributed by atoms with E-state index in [9.17, 15) is 0 Å². The molecule has 0 aromatic heterocycles. The van der Waals surface area contributed by atoms with E-state index in [1.54, 1.807) is 7.11 Å². The van der Waals surface area contributed by atoms with Crippen molar-refractivity contribution in [1.29, 1.82) is 0 Å². The molecule has 0 radical (unpaired) electrons. The van der Waals surface area contributed by atoms with Gasteiger partial charge in [-0.2, -0.15) is 0 Å². The fourth-order valence-corrected chi connectivity index (χ4v) is 0.814. The zero-order valence-corrected chi connectivity index (χ0v) is 6.55. The van der Waals surface area contributed by atoms with Gasteiger partial charge in [-0.25, -0.2) is 0 Å². The number of hydrogen-bond donors (Lipinski definition) is 1. The zero-order valence-electron chi connectivity index (χ0n) is 6.55. The molecule has 2 heteroatoms. The summed E-state index contributed by atoms with van der Waals surface area (Å²) in [7, 11) is 1.71. The van der Waals surface area contributed by atoms with E-state index in [0.29, 0.717) is 12.5 Å². The molecule has 0 heterocycles. The van der Waals surface area contributed by atoms with Gasteiger partial charge in [0.1, 0.15) is 0 Å². The van der Waals surface area contributed by atoms with Crippen molar-refractivity contribution < 1.29 is 4.74 Å². The first-order chi connectivity index (χ1) is 4.20. The van der Waals surface area contributed by atoms with Gasteiger partial charge in [0.2, 0.25) is 0 Å². The third-order valence-corrected chi connectivity index (χ3v) is 1.33. The maximum absolute atomic E-state index is 5.41. The summed E-state index contributed by atoms with van der Waals surface area (Å²) >= 11 is 0. The Bertz CT molecular complexity index is 59.9. The standard InChI is InChI=1S/C7H17NO/c1-6(2)4-7(5-8)9-3/h6-7H,4-5,8H2,1-3H3. The minimum absolute atomic E-state index is 0.255. The van der Waals surface area contributed by atoms with Crippen LogP contribution in [0.2, 0.25) is 0 Å². The first-order valence-electron chi connectivity index (χ1n) is 3.43. The van der Waals surface area contributed by atoms with Crippen molar-refractivity contribution in [3.05, 3.63) is 0 Å². The zero-order chi connectivity index (χ0) is 7.28. The predicted octanol–water partition coefficient (Wildman–Crippen LogP) is 1.01. The van der Waals surface area contributed by atoms with Crippen molar-refractivity contribution >= 4 is 0 Å². The molecule has 0 aliphatic rings. The number of methoxy groups -OCH3 is 1. The van der Waals surface area contributed by atoms with Gasteiger partial charge in [-0.15, -0.1) is 0 Å². The number of nitrogens with two attached hydrogens (primary N) is 1. The van der Waals surface area contributed by atoms with Gasteiger partial charge in [0, 0.05) is 13.7 Å². The molecule has 2 N–H and O–H groups in total. The van der Waals surface area contributed by atoms with Crippen LogP contribution in [0, 0.1) is 5.92 Å². The van der Waals surface area contributed by atoms with Gasteiger partial charge in [-0.05, 0) is 12.3 Å². The number of rotatable bonds is 4. The van der Waals surface area contributed by atoms with Crippen molar-refractivity contribution in [3.8, 4) is 0 Å². The van der Waals surface area contributed by atoms with Crippen LogP contribution in [0.1, 0.15) is 20.3 Å². The fraction of sp³-hybridized carbons (Fsp3) is 1.00. The van der Waals surface area contributed by atoms with E-state index in [1.807, 2.05) is 0 Å². The van der Waals surface area contributed by atoms with Crippen LogP contribution in [0.3, 0.4) is 0 Å². The highest BCUT2D eigenvalue weighted by atomic mass is 16.5. The second-order valence-electron chi connectivity index (χ2n) is 2.72. The maximum atomic E-state index is 5.41. The lowest BCUT2D eigenvalue weighted by Crippen LogP contribution is -2.23. The van der Waals surface area contributed by atoms with Gasteiger partial charge >= 0.3 is 0 Å². The van der Waals surface area contributed by atoms with Crippen molar-refractivity contribution in [2.75, 3.05) is 13.7 Å². The van der Waals surface area contributed by atoms with Gasteiger partial charge < -0.3 is 10.5 Å². The molecular formula is C7H17NO. The van der Waals surface area contributed by atoms with Crippen LogP contribution in [0.15, 0.2) is 0 Å². The smallest absolute Gasteiger partial charge is 0.0695 e. The lowest BCUT2D eigenvalue weighted by atomic mass is 10.1. The molecule has 0 aromatic rings. The molecule has 1 atom stereocenters. The summed E-state index contributed by atoms with van der Waals surface area (Å²) in [6.45, 7) is 4.97. The Balaban J connectivity index is 3.31. The Kier molecular flexibility index (Phi) is 4.72. The largest absolute Gasteiger partial charge is 0.380 e. The minimum Gasteiger partial charge on any atom is -0.380 e. The Morgan fingerprint density at radius 2 is 2.00 bits per heavy atom. The van der Waals surface area contributed by atoms with Crippen molar-refractivity contribution in [1.82, 2.24) is 0 Å². The molecule has 0 saturated carbocycles. The van der Waals surface area contributed by atoms with Crippen LogP contribution in [0.5, 0.6) is 0 Å². The molecular weight excluding hydrogens is 114 g/mol. The van der Waals surface area contributed by atoms with E-state index in [-0.39, 0.29) is 6.10 Å². The Morgan fingerprint density at radius 3 is 2.11 bits per heavy atom. The third kappa shape index (κ3) is 4.43. The lowest BCUT2D eigenvalue weighted by molar-refractivity contribution is 0.0913. The fourth-order valence-electron chi connectivity index (χ4n) is 0.814. The highest BCUT2D eigenvalue weighted by molar-refractivity contribution is 4.59. The summed E-state index contributed by atoms with van der Waals surface area (Å²) in [6.07, 6.45) is 1.32. The summed E-state index contributed by atoms with van der Waals surface area (Å²) in [5.74, 6) is 0.679. The molecule has 9 heavy (non-hydrogen) atoms. The SMILES string of the molecule is COC(CN)CC(C)C. The number of hydrogen-bond acceptors (Lipinski definition) is 2. The van der Waals surface area contributed by atoms with Crippen LogP contribution in [-0.4, -0.2) is 19.8 Å². The van der Waals surface area contributed by atoms with E-state index >= 15 is 0 Å². The van der Waals surface area contributed by atoms with Crippen LogP contribution in [0.4, 0.5) is 0 Å². The minimum atomic E-state index is 0.255. The number of ether oxygens (including phenoxy) is 1. The topological polar surface area (TPSA) is 35.2 Å². The molecule has 0 saturated heterocycles. The van der Waals surface area contributed by atoms with Gasteiger partial charge in [0.15, 0.2) is 0 Å².